The first kappa shape index (κ1) is 20.7. The number of hydrogen-bond acceptors (Lipinski definition) is 4. The first-order valence-corrected chi connectivity index (χ1v) is 9.99. The van der Waals surface area contributed by atoms with Crippen LogP contribution in [-0.2, 0) is 9.59 Å². The standard InChI is InChI=1S/C23H28N2O4/c1-17-7-3-4-10-21(17)28-14-6-13-25(2)22(26)16-29-20-9-5-8-19(15-20)24-23(27)18-11-12-18/h3-5,7-10,15,18H,6,11-14,16H2,1-2H3,(H,24,27). The molecule has 0 spiro atoms. The molecule has 0 aromatic heterocycles. The Morgan fingerprint density at radius 2 is 1.90 bits per heavy atom. The molecule has 0 atom stereocenters. The second kappa shape index (κ2) is 9.96. The highest BCUT2D eigenvalue weighted by Crippen LogP contribution is 2.30. The van der Waals surface area contributed by atoms with Gasteiger partial charge in [0.1, 0.15) is 11.5 Å². The monoisotopic (exact) mass is 396 g/mol. The number of benzene rings is 2. The number of hydrogen-bond donors (Lipinski definition) is 1. The molecule has 0 aliphatic heterocycles. The van der Waals surface area contributed by atoms with E-state index < -0.39 is 0 Å². The molecule has 0 radical (unpaired) electrons. The first-order chi connectivity index (χ1) is 14.0. The van der Waals surface area contributed by atoms with Gasteiger partial charge in [0.25, 0.3) is 5.91 Å². The zero-order valence-corrected chi connectivity index (χ0v) is 17.0. The molecule has 1 saturated carbocycles. The Balaban J connectivity index is 1.37. The van der Waals surface area contributed by atoms with Crippen molar-refractivity contribution in [2.45, 2.75) is 26.2 Å². The van der Waals surface area contributed by atoms with E-state index in [2.05, 4.69) is 5.32 Å². The van der Waals surface area contributed by atoms with Gasteiger partial charge in [0.2, 0.25) is 5.91 Å². The van der Waals surface area contributed by atoms with Crippen molar-refractivity contribution in [1.29, 1.82) is 0 Å². The molecule has 2 aromatic carbocycles. The Bertz CT molecular complexity index is 848. The van der Waals surface area contributed by atoms with E-state index in [9.17, 15) is 9.59 Å². The summed E-state index contributed by atoms with van der Waals surface area (Å²) in [5.74, 6) is 1.52. The molecule has 1 N–H and O–H groups in total. The number of ether oxygens (including phenoxy) is 2. The van der Waals surface area contributed by atoms with Gasteiger partial charge in [-0.05, 0) is 49.9 Å². The second-order valence-corrected chi connectivity index (χ2v) is 7.36. The van der Waals surface area contributed by atoms with Crippen molar-refractivity contribution in [2.75, 3.05) is 32.1 Å². The van der Waals surface area contributed by atoms with Crippen molar-refractivity contribution in [2.24, 2.45) is 5.92 Å². The van der Waals surface area contributed by atoms with E-state index in [0.29, 0.717) is 24.6 Å². The number of para-hydroxylation sites is 1. The molecule has 2 amide bonds. The fraction of sp³-hybridized carbons (Fsp3) is 0.391. The Morgan fingerprint density at radius 1 is 1.10 bits per heavy atom. The highest BCUT2D eigenvalue weighted by Gasteiger charge is 2.29. The Labute approximate surface area is 171 Å². The van der Waals surface area contributed by atoms with Gasteiger partial charge in [0.15, 0.2) is 6.61 Å². The minimum absolute atomic E-state index is 0.0465. The summed E-state index contributed by atoms with van der Waals surface area (Å²) in [7, 11) is 1.76. The van der Waals surface area contributed by atoms with Gasteiger partial charge in [0, 0.05) is 31.3 Å². The number of anilines is 1. The van der Waals surface area contributed by atoms with Crippen LogP contribution in [0, 0.1) is 12.8 Å². The number of amides is 2. The van der Waals surface area contributed by atoms with Crippen molar-refractivity contribution in [1.82, 2.24) is 4.90 Å². The van der Waals surface area contributed by atoms with E-state index in [1.54, 1.807) is 30.1 Å². The molecule has 1 aliphatic rings. The van der Waals surface area contributed by atoms with Gasteiger partial charge < -0.3 is 19.7 Å². The third kappa shape index (κ3) is 6.52. The summed E-state index contributed by atoms with van der Waals surface area (Å²) in [4.78, 5) is 25.8. The van der Waals surface area contributed by atoms with Crippen LogP contribution in [0.25, 0.3) is 0 Å². The topological polar surface area (TPSA) is 67.9 Å². The molecule has 0 bridgehead atoms. The van der Waals surface area contributed by atoms with Crippen LogP contribution in [0.2, 0.25) is 0 Å². The second-order valence-electron chi connectivity index (χ2n) is 7.36. The predicted octanol–water partition coefficient (Wildman–Crippen LogP) is 3.65. The average Bonchev–Trinajstić information content (AvgIpc) is 3.56. The van der Waals surface area contributed by atoms with E-state index in [0.717, 1.165) is 30.6 Å². The highest BCUT2D eigenvalue weighted by atomic mass is 16.5. The SMILES string of the molecule is Cc1ccccc1OCCCN(C)C(=O)COc1cccc(NC(=O)C2CC2)c1. The third-order valence-corrected chi connectivity index (χ3v) is 4.83. The van der Waals surface area contributed by atoms with Crippen LogP contribution in [0.5, 0.6) is 11.5 Å². The molecule has 0 saturated heterocycles. The summed E-state index contributed by atoms with van der Waals surface area (Å²) >= 11 is 0. The van der Waals surface area contributed by atoms with Gasteiger partial charge in [-0.2, -0.15) is 0 Å². The van der Waals surface area contributed by atoms with E-state index in [1.807, 2.05) is 37.3 Å². The van der Waals surface area contributed by atoms with Gasteiger partial charge in [-0.25, -0.2) is 0 Å². The number of aryl methyl sites for hydroxylation is 1. The lowest BCUT2D eigenvalue weighted by Gasteiger charge is -2.18. The average molecular weight is 396 g/mol. The Morgan fingerprint density at radius 3 is 2.66 bits per heavy atom. The van der Waals surface area contributed by atoms with Gasteiger partial charge in [0.05, 0.1) is 6.61 Å². The van der Waals surface area contributed by atoms with Crippen LogP contribution in [0.15, 0.2) is 48.5 Å². The zero-order valence-electron chi connectivity index (χ0n) is 17.0. The lowest BCUT2D eigenvalue weighted by atomic mass is 10.2. The summed E-state index contributed by atoms with van der Waals surface area (Å²) in [5, 5.41) is 2.88. The normalized spacial score (nSPS) is 12.9. The van der Waals surface area contributed by atoms with Crippen LogP contribution in [-0.4, -0.2) is 43.5 Å². The predicted molar refractivity (Wildman–Crippen MR) is 112 cm³/mol. The van der Waals surface area contributed by atoms with Crippen molar-refractivity contribution in [3.63, 3.8) is 0 Å². The maximum Gasteiger partial charge on any atom is 0.260 e. The summed E-state index contributed by atoms with van der Waals surface area (Å²) in [6, 6.07) is 15.0. The number of nitrogens with zero attached hydrogens (tertiary/aromatic N) is 1. The maximum atomic E-state index is 12.3. The molecule has 1 fully saturated rings. The Hall–Kier alpha value is -3.02. The van der Waals surface area contributed by atoms with E-state index in [-0.39, 0.29) is 24.3 Å². The van der Waals surface area contributed by atoms with E-state index in [4.69, 9.17) is 9.47 Å². The molecule has 1 aliphatic carbocycles. The number of carbonyl (C=O) groups excluding carboxylic acids is 2. The zero-order chi connectivity index (χ0) is 20.6. The number of carbonyl (C=O) groups is 2. The van der Waals surface area contributed by atoms with Crippen molar-refractivity contribution in [3.05, 3.63) is 54.1 Å². The van der Waals surface area contributed by atoms with Crippen LogP contribution < -0.4 is 14.8 Å². The molecule has 3 rings (SSSR count). The van der Waals surface area contributed by atoms with Crippen molar-refractivity contribution < 1.29 is 19.1 Å². The van der Waals surface area contributed by atoms with Gasteiger partial charge in [-0.15, -0.1) is 0 Å². The van der Waals surface area contributed by atoms with Crippen LogP contribution in [0.1, 0.15) is 24.8 Å². The largest absolute Gasteiger partial charge is 0.493 e. The van der Waals surface area contributed by atoms with Gasteiger partial charge >= 0.3 is 0 Å². The maximum absolute atomic E-state index is 12.3. The number of nitrogens with one attached hydrogen (secondary N) is 1. The molecule has 0 heterocycles. The molecule has 0 unspecified atom stereocenters. The lowest BCUT2D eigenvalue weighted by Crippen LogP contribution is -2.32. The summed E-state index contributed by atoms with van der Waals surface area (Å²) in [6.07, 6.45) is 2.65. The first-order valence-electron chi connectivity index (χ1n) is 9.99. The van der Waals surface area contributed by atoms with Crippen LogP contribution >= 0.6 is 0 Å². The van der Waals surface area contributed by atoms with E-state index >= 15 is 0 Å². The number of likely N-dealkylation sites (N-methyl/N-ethyl adjacent to an activating group) is 1. The molecule has 29 heavy (non-hydrogen) atoms. The molecule has 6 heteroatoms. The summed E-state index contributed by atoms with van der Waals surface area (Å²) < 4.78 is 11.4. The quantitative estimate of drug-likeness (QED) is 0.623. The Kier molecular flexibility index (Phi) is 7.11. The van der Waals surface area contributed by atoms with Crippen LogP contribution in [0.4, 0.5) is 5.69 Å². The fourth-order valence-electron chi connectivity index (χ4n) is 2.84. The van der Waals surface area contributed by atoms with Crippen molar-refractivity contribution >= 4 is 17.5 Å². The molecule has 154 valence electrons. The molecular weight excluding hydrogens is 368 g/mol. The third-order valence-electron chi connectivity index (χ3n) is 4.83. The summed E-state index contributed by atoms with van der Waals surface area (Å²) in [5.41, 5.74) is 1.79. The lowest BCUT2D eigenvalue weighted by molar-refractivity contribution is -0.132. The molecule has 6 nitrogen and oxygen atoms in total. The van der Waals surface area contributed by atoms with Crippen molar-refractivity contribution in [3.8, 4) is 11.5 Å². The van der Waals surface area contributed by atoms with Crippen LogP contribution in [0.3, 0.4) is 0 Å². The smallest absolute Gasteiger partial charge is 0.260 e. The highest BCUT2D eigenvalue weighted by molar-refractivity contribution is 5.94. The van der Waals surface area contributed by atoms with Gasteiger partial charge in [-0.1, -0.05) is 24.3 Å². The minimum Gasteiger partial charge on any atom is -0.493 e. The van der Waals surface area contributed by atoms with Gasteiger partial charge in [-0.3, -0.25) is 9.59 Å². The summed E-state index contributed by atoms with van der Waals surface area (Å²) in [6.45, 7) is 3.10. The van der Waals surface area contributed by atoms with E-state index in [1.165, 1.54) is 0 Å². The minimum atomic E-state index is -0.103. The molecular formula is C23H28N2O4. The number of rotatable bonds is 10. The fourth-order valence-corrected chi connectivity index (χ4v) is 2.84. The molecule has 2 aromatic rings.